The highest BCUT2D eigenvalue weighted by Crippen LogP contribution is 2.31. The zero-order valence-electron chi connectivity index (χ0n) is 7.19. The van der Waals surface area contributed by atoms with Crippen molar-refractivity contribution in [3.05, 3.63) is 34.3 Å². The number of hydrogen-bond acceptors (Lipinski definition) is 1. The molecule has 1 rings (SSSR count). The molecule has 5 heteroatoms. The lowest BCUT2D eigenvalue weighted by Gasteiger charge is -2.06. The predicted molar refractivity (Wildman–Crippen MR) is 48.9 cm³/mol. The maximum atomic E-state index is 12.2. The Hall–Kier alpha value is -1.65. The molecule has 0 aliphatic heterocycles. The van der Waals surface area contributed by atoms with E-state index in [9.17, 15) is 13.2 Å². The van der Waals surface area contributed by atoms with Gasteiger partial charge in [0.25, 0.3) is 0 Å². The van der Waals surface area contributed by atoms with E-state index in [0.29, 0.717) is 0 Å². The van der Waals surface area contributed by atoms with E-state index in [1.807, 2.05) is 0 Å². The molecule has 1 aromatic rings. The highest BCUT2D eigenvalue weighted by molar-refractivity contribution is 6.31. The molecule has 1 aromatic carbocycles. The third-order valence-electron chi connectivity index (χ3n) is 1.55. The van der Waals surface area contributed by atoms with Crippen LogP contribution in [0.15, 0.2) is 18.2 Å². The van der Waals surface area contributed by atoms with E-state index in [1.165, 1.54) is 0 Å². The molecule has 0 saturated heterocycles. The maximum absolute atomic E-state index is 12.2. The van der Waals surface area contributed by atoms with Crippen LogP contribution in [0.2, 0.25) is 5.02 Å². The number of nitrogens with zero attached hydrogens (tertiary/aromatic N) is 1. The third-order valence-corrected chi connectivity index (χ3v) is 1.86. The topological polar surface area (TPSA) is 23.8 Å². The summed E-state index contributed by atoms with van der Waals surface area (Å²) < 4.78 is 36.6. The number of benzene rings is 1. The molecule has 0 amide bonds. The molecule has 0 heterocycles. The Labute approximate surface area is 89.1 Å². The van der Waals surface area contributed by atoms with Gasteiger partial charge in [0.2, 0.25) is 0 Å². The molecule has 0 aliphatic carbocycles. The summed E-state index contributed by atoms with van der Waals surface area (Å²) in [6.07, 6.45) is -4.43. The van der Waals surface area contributed by atoms with E-state index in [4.69, 9.17) is 16.9 Å². The average Bonchev–Trinajstić information content (AvgIpc) is 2.14. The Morgan fingerprint density at radius 3 is 2.40 bits per heavy atom. The zero-order chi connectivity index (χ0) is 11.5. The van der Waals surface area contributed by atoms with E-state index in [2.05, 4.69) is 11.8 Å². The monoisotopic (exact) mass is 229 g/mol. The normalized spacial score (nSPS) is 10.1. The Balaban J connectivity index is 3.16. The van der Waals surface area contributed by atoms with Crippen molar-refractivity contribution in [1.29, 1.82) is 5.26 Å². The van der Waals surface area contributed by atoms with Crippen molar-refractivity contribution < 1.29 is 13.2 Å². The number of halogens is 4. The van der Waals surface area contributed by atoms with Crippen LogP contribution >= 0.6 is 11.6 Å². The fraction of sp³-hybridized carbons (Fsp3) is 0.100. The minimum atomic E-state index is -4.43. The van der Waals surface area contributed by atoms with Crippen molar-refractivity contribution in [3.63, 3.8) is 0 Å². The van der Waals surface area contributed by atoms with Crippen LogP contribution in [-0.4, -0.2) is 0 Å². The van der Waals surface area contributed by atoms with Crippen molar-refractivity contribution in [1.82, 2.24) is 0 Å². The quantitative estimate of drug-likeness (QED) is 0.627. The number of rotatable bonds is 0. The van der Waals surface area contributed by atoms with Gasteiger partial charge in [-0.3, -0.25) is 0 Å². The molecule has 0 spiro atoms. The van der Waals surface area contributed by atoms with E-state index in [0.717, 1.165) is 18.2 Å². The predicted octanol–water partition coefficient (Wildman–Crippen LogP) is 3.23. The van der Waals surface area contributed by atoms with Crippen molar-refractivity contribution in [2.24, 2.45) is 0 Å². The van der Waals surface area contributed by atoms with Crippen LogP contribution in [0.3, 0.4) is 0 Å². The summed E-state index contributed by atoms with van der Waals surface area (Å²) in [5.41, 5.74) is -0.638. The minimum absolute atomic E-state index is 0.118. The summed E-state index contributed by atoms with van der Waals surface area (Å²) in [6.45, 7) is 0. The lowest BCUT2D eigenvalue weighted by Crippen LogP contribution is -2.04. The molecule has 0 unspecified atom stereocenters. The second kappa shape index (κ2) is 4.25. The molecular formula is C10H3ClF3N. The van der Waals surface area contributed by atoms with Crippen molar-refractivity contribution in [2.45, 2.75) is 6.18 Å². The molecule has 0 aliphatic rings. The standard InChI is InChI=1S/C10H3ClF3N/c11-9-6-8(10(12,13)14)4-3-7(9)2-1-5-15/h3-4,6H. The first kappa shape index (κ1) is 11.4. The minimum Gasteiger partial charge on any atom is -0.183 e. The highest BCUT2D eigenvalue weighted by Gasteiger charge is 2.30. The molecule has 0 N–H and O–H groups in total. The van der Waals surface area contributed by atoms with Crippen LogP contribution in [0.5, 0.6) is 0 Å². The molecule has 0 atom stereocenters. The van der Waals surface area contributed by atoms with Crippen molar-refractivity contribution >= 4 is 11.6 Å². The Morgan fingerprint density at radius 2 is 1.93 bits per heavy atom. The number of nitriles is 1. The van der Waals surface area contributed by atoms with E-state index >= 15 is 0 Å². The number of alkyl halides is 3. The SMILES string of the molecule is N#CC#Cc1ccc(C(F)(F)F)cc1Cl. The fourth-order valence-corrected chi connectivity index (χ4v) is 1.12. The van der Waals surface area contributed by atoms with Gasteiger partial charge in [0, 0.05) is 11.5 Å². The maximum Gasteiger partial charge on any atom is 0.416 e. The van der Waals surface area contributed by atoms with Crippen LogP contribution < -0.4 is 0 Å². The smallest absolute Gasteiger partial charge is 0.183 e. The van der Waals surface area contributed by atoms with E-state index < -0.39 is 11.7 Å². The number of hydrogen-bond donors (Lipinski definition) is 0. The fourth-order valence-electron chi connectivity index (χ4n) is 0.888. The van der Waals surface area contributed by atoms with Gasteiger partial charge in [-0.25, -0.2) is 0 Å². The van der Waals surface area contributed by atoms with Crippen molar-refractivity contribution in [3.8, 4) is 17.9 Å². The first-order chi connectivity index (χ1) is 6.95. The van der Waals surface area contributed by atoms with Gasteiger partial charge in [-0.2, -0.15) is 18.4 Å². The Morgan fingerprint density at radius 1 is 1.27 bits per heavy atom. The summed E-state index contributed by atoms with van der Waals surface area (Å²) in [7, 11) is 0. The van der Waals surface area contributed by atoms with Crippen LogP contribution in [0.4, 0.5) is 13.2 Å². The molecule has 0 fully saturated rings. The molecular weight excluding hydrogens is 227 g/mol. The van der Waals surface area contributed by atoms with Gasteiger partial charge in [0.05, 0.1) is 10.6 Å². The first-order valence-electron chi connectivity index (χ1n) is 3.72. The van der Waals surface area contributed by atoms with Gasteiger partial charge in [-0.05, 0) is 24.1 Å². The van der Waals surface area contributed by atoms with Gasteiger partial charge in [0.15, 0.2) is 6.07 Å². The first-order valence-corrected chi connectivity index (χ1v) is 4.10. The molecule has 15 heavy (non-hydrogen) atoms. The van der Waals surface area contributed by atoms with Gasteiger partial charge < -0.3 is 0 Å². The molecule has 0 aromatic heterocycles. The third kappa shape index (κ3) is 2.90. The van der Waals surface area contributed by atoms with Gasteiger partial charge in [-0.15, -0.1) is 0 Å². The van der Waals surface area contributed by atoms with Crippen molar-refractivity contribution in [2.75, 3.05) is 0 Å². The zero-order valence-corrected chi connectivity index (χ0v) is 7.95. The Bertz CT molecular complexity index is 474. The summed E-state index contributed by atoms with van der Waals surface area (Å²) in [4.78, 5) is 0. The summed E-state index contributed by atoms with van der Waals surface area (Å²) in [6, 6.07) is 4.33. The molecule has 0 bridgehead atoms. The highest BCUT2D eigenvalue weighted by atomic mass is 35.5. The van der Waals surface area contributed by atoms with Gasteiger partial charge in [0.1, 0.15) is 0 Å². The summed E-state index contributed by atoms with van der Waals surface area (Å²) >= 11 is 5.56. The molecule has 76 valence electrons. The Kier molecular flexibility index (Phi) is 3.24. The largest absolute Gasteiger partial charge is 0.416 e. The van der Waals surface area contributed by atoms with Crippen LogP contribution in [0, 0.1) is 23.2 Å². The second-order valence-electron chi connectivity index (χ2n) is 2.55. The van der Waals surface area contributed by atoms with E-state index in [-0.39, 0.29) is 10.6 Å². The lowest BCUT2D eigenvalue weighted by molar-refractivity contribution is -0.137. The van der Waals surface area contributed by atoms with E-state index in [1.54, 1.807) is 6.07 Å². The van der Waals surface area contributed by atoms with Gasteiger partial charge in [-0.1, -0.05) is 11.6 Å². The molecule has 1 nitrogen and oxygen atoms in total. The van der Waals surface area contributed by atoms with Gasteiger partial charge >= 0.3 is 6.18 Å². The van der Waals surface area contributed by atoms with Crippen LogP contribution in [0.1, 0.15) is 11.1 Å². The van der Waals surface area contributed by atoms with Crippen LogP contribution in [0.25, 0.3) is 0 Å². The second-order valence-corrected chi connectivity index (χ2v) is 2.96. The molecule has 0 radical (unpaired) electrons. The lowest BCUT2D eigenvalue weighted by atomic mass is 10.1. The molecule has 0 saturated carbocycles. The summed E-state index contributed by atoms with van der Waals surface area (Å²) in [5, 5.41) is 8.04. The summed E-state index contributed by atoms with van der Waals surface area (Å²) in [5.74, 6) is 4.38. The van der Waals surface area contributed by atoms with Crippen LogP contribution in [-0.2, 0) is 6.18 Å². The average molecular weight is 230 g/mol.